The Kier molecular flexibility index (Phi) is 8.51. The Hall–Kier alpha value is -4.07. The van der Waals surface area contributed by atoms with Crippen LogP contribution >= 0.6 is 0 Å². The van der Waals surface area contributed by atoms with Gasteiger partial charge in [-0.3, -0.25) is 10.1 Å². The second-order valence-electron chi connectivity index (χ2n) is 10.6. The van der Waals surface area contributed by atoms with E-state index in [2.05, 4.69) is 10.2 Å². The van der Waals surface area contributed by atoms with Crippen molar-refractivity contribution in [1.82, 2.24) is 4.90 Å². The minimum atomic E-state index is -0.543. The summed E-state index contributed by atoms with van der Waals surface area (Å²) in [7, 11) is 0. The van der Waals surface area contributed by atoms with Crippen LogP contribution in [-0.2, 0) is 17.8 Å². The van der Waals surface area contributed by atoms with Gasteiger partial charge in [0.2, 0.25) is 0 Å². The van der Waals surface area contributed by atoms with Gasteiger partial charge in [-0.25, -0.2) is 4.79 Å². The van der Waals surface area contributed by atoms with Crippen molar-refractivity contribution in [2.45, 2.75) is 58.3 Å². The largest absolute Gasteiger partial charge is 0.444 e. The average Bonchev–Trinajstić information content (AvgIpc) is 2.89. The molecule has 0 bridgehead atoms. The second kappa shape index (κ2) is 12.0. The number of ether oxygens (including phenoxy) is 1. The van der Waals surface area contributed by atoms with Crippen LogP contribution in [0.3, 0.4) is 0 Å². The van der Waals surface area contributed by atoms with E-state index in [1.54, 1.807) is 11.0 Å². The van der Waals surface area contributed by atoms with Crippen LogP contribution in [-0.4, -0.2) is 40.6 Å². The van der Waals surface area contributed by atoms with E-state index in [4.69, 9.17) is 4.74 Å². The maximum atomic E-state index is 12.4. The molecule has 4 rings (SSSR count). The Morgan fingerprint density at radius 3 is 2.00 bits per heavy atom. The predicted octanol–water partition coefficient (Wildman–Crippen LogP) is 6.61. The van der Waals surface area contributed by atoms with Crippen LogP contribution in [0.25, 0.3) is 0 Å². The summed E-state index contributed by atoms with van der Waals surface area (Å²) in [4.78, 5) is 28.3. The number of hydrogen-bond acceptors (Lipinski definition) is 6. The van der Waals surface area contributed by atoms with Gasteiger partial charge in [-0.05, 0) is 56.9 Å². The van der Waals surface area contributed by atoms with Crippen LogP contribution in [0.1, 0.15) is 44.7 Å². The lowest BCUT2D eigenvalue weighted by molar-refractivity contribution is -0.383. The number of piperidine rings is 1. The Bertz CT molecular complexity index is 1180. The molecule has 3 aromatic rings. The number of amides is 1. The molecule has 1 aliphatic rings. The van der Waals surface area contributed by atoms with Gasteiger partial charge in [-0.15, -0.1) is 0 Å². The number of nitro benzene ring substituents is 1. The highest BCUT2D eigenvalue weighted by Crippen LogP contribution is 2.38. The zero-order valence-corrected chi connectivity index (χ0v) is 22.3. The van der Waals surface area contributed by atoms with Crippen molar-refractivity contribution in [3.05, 3.63) is 100 Å². The highest BCUT2D eigenvalue weighted by atomic mass is 16.6. The van der Waals surface area contributed by atoms with Crippen molar-refractivity contribution in [2.24, 2.45) is 0 Å². The van der Waals surface area contributed by atoms with E-state index in [-0.39, 0.29) is 22.7 Å². The SMILES string of the molecule is CC(C)(C)OC(=O)N1CCC(Nc2cccc(N(Cc3ccccc3)Cc3ccccc3)c2[N+](=O)[O-])CC1. The average molecular weight is 517 g/mol. The smallest absolute Gasteiger partial charge is 0.410 e. The Balaban J connectivity index is 1.55. The Morgan fingerprint density at radius 2 is 1.50 bits per heavy atom. The summed E-state index contributed by atoms with van der Waals surface area (Å²) in [5, 5.41) is 15.9. The molecule has 1 N–H and O–H groups in total. The standard InChI is InChI=1S/C30H36N4O4/c1-30(2,3)38-29(35)32-19-17-25(18-20-32)31-26-15-10-16-27(28(26)34(36)37)33(21-23-11-6-4-7-12-23)22-24-13-8-5-9-14-24/h4-16,25,31H,17-22H2,1-3H3. The first-order chi connectivity index (χ1) is 18.2. The molecule has 0 aromatic heterocycles. The molecule has 0 atom stereocenters. The van der Waals surface area contributed by atoms with Gasteiger partial charge < -0.3 is 19.9 Å². The molecule has 1 amide bonds. The van der Waals surface area contributed by atoms with E-state index in [9.17, 15) is 14.9 Å². The summed E-state index contributed by atoms with van der Waals surface area (Å²) in [5.74, 6) is 0. The fourth-order valence-corrected chi connectivity index (χ4v) is 4.68. The third kappa shape index (κ3) is 7.25. The molecule has 0 radical (unpaired) electrons. The normalized spacial score (nSPS) is 14.1. The number of carbonyl (C=O) groups is 1. The zero-order valence-electron chi connectivity index (χ0n) is 22.3. The molecular formula is C30H36N4O4. The number of nitro groups is 1. The highest BCUT2D eigenvalue weighted by Gasteiger charge is 2.30. The molecule has 1 heterocycles. The molecule has 0 unspecified atom stereocenters. The molecule has 3 aromatic carbocycles. The molecule has 8 heteroatoms. The van der Waals surface area contributed by atoms with Gasteiger partial charge in [0, 0.05) is 32.2 Å². The molecule has 0 aliphatic carbocycles. The van der Waals surface area contributed by atoms with Crippen LogP contribution in [0.15, 0.2) is 78.9 Å². The molecule has 1 saturated heterocycles. The fraction of sp³-hybridized carbons (Fsp3) is 0.367. The van der Waals surface area contributed by atoms with Crippen LogP contribution < -0.4 is 10.2 Å². The second-order valence-corrected chi connectivity index (χ2v) is 10.6. The van der Waals surface area contributed by atoms with Crippen molar-refractivity contribution in [1.29, 1.82) is 0 Å². The first kappa shape index (κ1) is 27.0. The van der Waals surface area contributed by atoms with Crippen molar-refractivity contribution >= 4 is 23.2 Å². The van der Waals surface area contributed by atoms with Gasteiger partial charge in [-0.2, -0.15) is 0 Å². The van der Waals surface area contributed by atoms with Gasteiger partial charge in [-0.1, -0.05) is 66.7 Å². The molecule has 1 aliphatic heterocycles. The summed E-state index contributed by atoms with van der Waals surface area (Å²) < 4.78 is 5.49. The Morgan fingerprint density at radius 1 is 0.947 bits per heavy atom. The first-order valence-corrected chi connectivity index (χ1v) is 13.0. The number of nitrogens with zero attached hydrogens (tertiary/aromatic N) is 3. The van der Waals surface area contributed by atoms with Crippen LogP contribution in [0.2, 0.25) is 0 Å². The number of nitrogens with one attached hydrogen (secondary N) is 1. The maximum absolute atomic E-state index is 12.4. The lowest BCUT2D eigenvalue weighted by Gasteiger charge is -2.34. The third-order valence-electron chi connectivity index (χ3n) is 6.48. The number of likely N-dealkylation sites (tertiary alicyclic amines) is 1. The predicted molar refractivity (Wildman–Crippen MR) is 150 cm³/mol. The summed E-state index contributed by atoms with van der Waals surface area (Å²) in [6, 6.07) is 25.4. The molecule has 0 saturated carbocycles. The van der Waals surface area contributed by atoms with Crippen molar-refractivity contribution in [3.63, 3.8) is 0 Å². The van der Waals surface area contributed by atoms with E-state index in [1.165, 1.54) is 0 Å². The number of anilines is 2. The number of carbonyl (C=O) groups excluding carboxylic acids is 1. The maximum Gasteiger partial charge on any atom is 0.410 e. The first-order valence-electron chi connectivity index (χ1n) is 13.0. The number of benzene rings is 3. The van der Waals surface area contributed by atoms with Gasteiger partial charge in [0.05, 0.1) is 4.92 Å². The molecule has 0 spiro atoms. The van der Waals surface area contributed by atoms with Gasteiger partial charge in [0.15, 0.2) is 0 Å². The van der Waals surface area contributed by atoms with Crippen molar-refractivity contribution < 1.29 is 14.5 Å². The lowest BCUT2D eigenvalue weighted by Crippen LogP contribution is -2.44. The van der Waals surface area contributed by atoms with Crippen molar-refractivity contribution in [3.8, 4) is 0 Å². The summed E-state index contributed by atoms with van der Waals surface area (Å²) in [5.41, 5.74) is 2.73. The van der Waals surface area contributed by atoms with E-state index in [0.717, 1.165) is 11.1 Å². The van der Waals surface area contributed by atoms with Gasteiger partial charge >= 0.3 is 11.8 Å². The van der Waals surface area contributed by atoms with Crippen LogP contribution in [0.5, 0.6) is 0 Å². The van der Waals surface area contributed by atoms with E-state index in [0.29, 0.717) is 50.4 Å². The van der Waals surface area contributed by atoms with Crippen molar-refractivity contribution in [2.75, 3.05) is 23.3 Å². The quantitative estimate of drug-likeness (QED) is 0.268. The number of hydrogen-bond donors (Lipinski definition) is 1. The van der Waals surface area contributed by atoms with Crippen LogP contribution in [0, 0.1) is 10.1 Å². The van der Waals surface area contributed by atoms with Gasteiger partial charge in [0.25, 0.3) is 0 Å². The Labute approximate surface area is 224 Å². The summed E-state index contributed by atoms with van der Waals surface area (Å²) in [6.45, 7) is 7.70. The highest BCUT2D eigenvalue weighted by molar-refractivity contribution is 5.77. The minimum absolute atomic E-state index is 0.0133. The van der Waals surface area contributed by atoms with E-state index < -0.39 is 5.60 Å². The summed E-state index contributed by atoms with van der Waals surface area (Å²) in [6.07, 6.45) is 1.04. The summed E-state index contributed by atoms with van der Waals surface area (Å²) >= 11 is 0. The molecule has 8 nitrogen and oxygen atoms in total. The zero-order chi connectivity index (χ0) is 27.1. The topological polar surface area (TPSA) is 88.0 Å². The minimum Gasteiger partial charge on any atom is -0.444 e. The molecule has 200 valence electrons. The fourth-order valence-electron chi connectivity index (χ4n) is 4.68. The number of para-hydroxylation sites is 1. The van der Waals surface area contributed by atoms with Gasteiger partial charge in [0.1, 0.15) is 17.0 Å². The van der Waals surface area contributed by atoms with E-state index in [1.807, 2.05) is 93.6 Å². The number of rotatable bonds is 8. The molecule has 1 fully saturated rings. The lowest BCUT2D eigenvalue weighted by atomic mass is 10.0. The third-order valence-corrected chi connectivity index (χ3v) is 6.48. The van der Waals surface area contributed by atoms with Crippen LogP contribution in [0.4, 0.5) is 21.9 Å². The molecule has 38 heavy (non-hydrogen) atoms. The molecular weight excluding hydrogens is 480 g/mol. The monoisotopic (exact) mass is 516 g/mol. The van der Waals surface area contributed by atoms with E-state index >= 15 is 0 Å².